The maximum Gasteiger partial charge on any atom is 0.0715 e. The fraction of sp³-hybridized carbons (Fsp3) is 1.00. The average molecular weight is 214 g/mol. The van der Waals surface area contributed by atoms with Crippen molar-refractivity contribution in [1.82, 2.24) is 10.2 Å². The van der Waals surface area contributed by atoms with E-state index in [2.05, 4.69) is 17.1 Å². The number of aliphatic hydroxyl groups is 1. The van der Waals surface area contributed by atoms with Crippen molar-refractivity contribution in [2.75, 3.05) is 26.2 Å². The van der Waals surface area contributed by atoms with Crippen molar-refractivity contribution in [3.05, 3.63) is 0 Å². The Labute approximate surface area is 93.9 Å². The van der Waals surface area contributed by atoms with Crippen LogP contribution in [0.3, 0.4) is 0 Å². The van der Waals surface area contributed by atoms with E-state index in [-0.39, 0.29) is 0 Å². The normalized spacial score (nSPS) is 20.8. The summed E-state index contributed by atoms with van der Waals surface area (Å²) in [4.78, 5) is 2.53. The van der Waals surface area contributed by atoms with E-state index in [0.29, 0.717) is 12.6 Å². The Morgan fingerprint density at radius 1 is 1.33 bits per heavy atom. The molecule has 0 aliphatic carbocycles. The molecule has 0 aromatic carbocycles. The van der Waals surface area contributed by atoms with Crippen LogP contribution >= 0.6 is 0 Å². The van der Waals surface area contributed by atoms with E-state index in [9.17, 15) is 5.11 Å². The van der Waals surface area contributed by atoms with Crippen molar-refractivity contribution in [3.63, 3.8) is 0 Å². The molecule has 1 aliphatic rings. The Kier molecular flexibility index (Phi) is 5.03. The first-order valence-corrected chi connectivity index (χ1v) is 6.19. The molecule has 1 fully saturated rings. The summed E-state index contributed by atoms with van der Waals surface area (Å²) in [5, 5.41) is 13.1. The first-order chi connectivity index (χ1) is 7.01. The van der Waals surface area contributed by atoms with E-state index >= 15 is 0 Å². The summed E-state index contributed by atoms with van der Waals surface area (Å²) in [7, 11) is 0. The molecule has 0 aromatic heterocycles. The lowest BCUT2D eigenvalue weighted by atomic mass is 10.0. The largest absolute Gasteiger partial charge is 0.389 e. The molecule has 0 spiro atoms. The summed E-state index contributed by atoms with van der Waals surface area (Å²) in [5.41, 5.74) is -0.583. The molecule has 3 heteroatoms. The summed E-state index contributed by atoms with van der Waals surface area (Å²) < 4.78 is 0. The topological polar surface area (TPSA) is 35.5 Å². The van der Waals surface area contributed by atoms with E-state index in [4.69, 9.17) is 0 Å². The van der Waals surface area contributed by atoms with Crippen molar-refractivity contribution < 1.29 is 5.11 Å². The van der Waals surface area contributed by atoms with E-state index in [0.717, 1.165) is 0 Å². The zero-order valence-corrected chi connectivity index (χ0v) is 10.4. The Hall–Kier alpha value is -0.120. The van der Waals surface area contributed by atoms with Crippen LogP contribution in [0, 0.1) is 0 Å². The van der Waals surface area contributed by atoms with Crippen molar-refractivity contribution in [2.24, 2.45) is 0 Å². The molecule has 0 atom stereocenters. The van der Waals surface area contributed by atoms with Crippen LogP contribution < -0.4 is 5.32 Å². The molecule has 0 saturated carbocycles. The lowest BCUT2D eigenvalue weighted by Gasteiger charge is -2.33. The summed E-state index contributed by atoms with van der Waals surface area (Å²) in [6.07, 6.45) is 3.69. The molecule has 1 saturated heterocycles. The second-order valence-corrected chi connectivity index (χ2v) is 5.31. The molecule has 0 unspecified atom stereocenters. The smallest absolute Gasteiger partial charge is 0.0715 e. The Morgan fingerprint density at radius 3 is 2.40 bits per heavy atom. The fourth-order valence-corrected chi connectivity index (χ4v) is 2.07. The molecule has 0 radical (unpaired) electrons. The van der Waals surface area contributed by atoms with Crippen LogP contribution in [0.5, 0.6) is 0 Å². The summed E-state index contributed by atoms with van der Waals surface area (Å²) in [5.74, 6) is 0. The lowest BCUT2D eigenvalue weighted by molar-refractivity contribution is 0.0717. The van der Waals surface area contributed by atoms with Gasteiger partial charge in [-0.3, -0.25) is 0 Å². The number of hydrogen-bond acceptors (Lipinski definition) is 3. The number of rotatable bonds is 5. The van der Waals surface area contributed by atoms with Gasteiger partial charge in [-0.2, -0.15) is 0 Å². The van der Waals surface area contributed by atoms with Crippen LogP contribution in [0.4, 0.5) is 0 Å². The van der Waals surface area contributed by atoms with Gasteiger partial charge < -0.3 is 15.3 Å². The molecule has 0 bridgehead atoms. The van der Waals surface area contributed by atoms with E-state index < -0.39 is 5.60 Å². The predicted molar refractivity (Wildman–Crippen MR) is 64.1 cm³/mol. The highest BCUT2D eigenvalue weighted by Crippen LogP contribution is 2.11. The molecule has 90 valence electrons. The van der Waals surface area contributed by atoms with Crippen LogP contribution in [0.25, 0.3) is 0 Å². The van der Waals surface area contributed by atoms with Crippen LogP contribution in [0.1, 0.15) is 40.0 Å². The van der Waals surface area contributed by atoms with Gasteiger partial charge in [-0.25, -0.2) is 0 Å². The van der Waals surface area contributed by atoms with E-state index in [1.807, 2.05) is 13.8 Å². The van der Waals surface area contributed by atoms with Gasteiger partial charge in [-0.15, -0.1) is 0 Å². The van der Waals surface area contributed by atoms with Gasteiger partial charge in [0.15, 0.2) is 0 Å². The fourth-order valence-electron chi connectivity index (χ4n) is 2.07. The highest BCUT2D eigenvalue weighted by Gasteiger charge is 2.20. The molecule has 0 amide bonds. The minimum absolute atomic E-state index is 0.583. The van der Waals surface area contributed by atoms with Gasteiger partial charge in [0.05, 0.1) is 5.60 Å². The summed E-state index contributed by atoms with van der Waals surface area (Å²) >= 11 is 0. The van der Waals surface area contributed by atoms with Crippen LogP contribution in [-0.4, -0.2) is 47.8 Å². The van der Waals surface area contributed by atoms with Crippen LogP contribution in [0.15, 0.2) is 0 Å². The molecule has 3 nitrogen and oxygen atoms in total. The number of nitrogens with one attached hydrogen (secondary N) is 1. The van der Waals surface area contributed by atoms with Crippen molar-refractivity contribution in [1.29, 1.82) is 0 Å². The highest BCUT2D eigenvalue weighted by atomic mass is 16.3. The Morgan fingerprint density at radius 2 is 1.93 bits per heavy atom. The molecule has 15 heavy (non-hydrogen) atoms. The van der Waals surface area contributed by atoms with Crippen molar-refractivity contribution >= 4 is 0 Å². The molecular formula is C12H26N2O. The first kappa shape index (κ1) is 12.9. The maximum absolute atomic E-state index is 9.61. The predicted octanol–water partition coefficient (Wildman–Crippen LogP) is 1.22. The molecule has 1 heterocycles. The minimum atomic E-state index is -0.583. The number of piperidine rings is 1. The highest BCUT2D eigenvalue weighted by molar-refractivity contribution is 4.79. The Bertz CT molecular complexity index is 169. The molecular weight excluding hydrogens is 188 g/mol. The zero-order chi connectivity index (χ0) is 11.3. The van der Waals surface area contributed by atoms with Crippen molar-refractivity contribution in [2.45, 2.75) is 51.7 Å². The lowest BCUT2D eigenvalue weighted by Crippen LogP contribution is -2.46. The third-order valence-electron chi connectivity index (χ3n) is 2.95. The second-order valence-electron chi connectivity index (χ2n) is 5.31. The van der Waals surface area contributed by atoms with Gasteiger partial charge in [0.2, 0.25) is 0 Å². The van der Waals surface area contributed by atoms with Gasteiger partial charge in [-0.1, -0.05) is 6.92 Å². The SMILES string of the molecule is CCCN1CCC(NCC(C)(C)O)CC1. The number of nitrogens with zero attached hydrogens (tertiary/aromatic N) is 1. The molecule has 1 rings (SSSR count). The van der Waals surface area contributed by atoms with Gasteiger partial charge >= 0.3 is 0 Å². The van der Waals surface area contributed by atoms with Gasteiger partial charge in [0.25, 0.3) is 0 Å². The van der Waals surface area contributed by atoms with Crippen LogP contribution in [0.2, 0.25) is 0 Å². The van der Waals surface area contributed by atoms with Crippen LogP contribution in [-0.2, 0) is 0 Å². The third kappa shape index (κ3) is 5.50. The monoisotopic (exact) mass is 214 g/mol. The standard InChI is InChI=1S/C12H26N2O/c1-4-7-14-8-5-11(6-9-14)13-10-12(2,3)15/h11,13,15H,4-10H2,1-3H3. The molecule has 2 N–H and O–H groups in total. The zero-order valence-electron chi connectivity index (χ0n) is 10.4. The number of likely N-dealkylation sites (tertiary alicyclic amines) is 1. The Balaban J connectivity index is 2.15. The van der Waals surface area contributed by atoms with Gasteiger partial charge in [0.1, 0.15) is 0 Å². The second kappa shape index (κ2) is 5.83. The summed E-state index contributed by atoms with van der Waals surface area (Å²) in [6, 6.07) is 0.601. The minimum Gasteiger partial charge on any atom is -0.389 e. The molecule has 0 aromatic rings. The van der Waals surface area contributed by atoms with Gasteiger partial charge in [-0.05, 0) is 52.7 Å². The number of hydrogen-bond donors (Lipinski definition) is 2. The maximum atomic E-state index is 9.61. The average Bonchev–Trinajstić information content (AvgIpc) is 2.16. The molecule has 1 aliphatic heterocycles. The van der Waals surface area contributed by atoms with E-state index in [1.165, 1.54) is 38.9 Å². The van der Waals surface area contributed by atoms with E-state index in [1.54, 1.807) is 0 Å². The first-order valence-electron chi connectivity index (χ1n) is 6.19. The quantitative estimate of drug-likeness (QED) is 0.722. The third-order valence-corrected chi connectivity index (χ3v) is 2.95. The van der Waals surface area contributed by atoms with Crippen molar-refractivity contribution in [3.8, 4) is 0 Å². The van der Waals surface area contributed by atoms with Gasteiger partial charge in [0, 0.05) is 12.6 Å². The summed E-state index contributed by atoms with van der Waals surface area (Å²) in [6.45, 7) is 10.3.